The largest absolute Gasteiger partial charge is 0.425 e. The minimum Gasteiger partial charge on any atom is -0.337 e. The first-order chi connectivity index (χ1) is 14.7. The number of aryl methyl sites for hydroxylation is 1. The van der Waals surface area contributed by atoms with Crippen LogP contribution < -0.4 is 10.6 Å². The molecule has 1 aliphatic rings. The summed E-state index contributed by atoms with van der Waals surface area (Å²) in [4.78, 5) is 26.3. The Morgan fingerprint density at radius 1 is 1.16 bits per heavy atom. The number of rotatable bonds is 4. The number of alkyl halides is 3. The van der Waals surface area contributed by atoms with E-state index in [2.05, 4.69) is 15.0 Å². The molecule has 4 heterocycles. The van der Waals surface area contributed by atoms with E-state index < -0.39 is 16.7 Å². The second kappa shape index (κ2) is 8.22. The fraction of sp³-hybridized carbons (Fsp3) is 0.300. The van der Waals surface area contributed by atoms with Crippen molar-refractivity contribution in [1.29, 1.82) is 0 Å². The van der Waals surface area contributed by atoms with Gasteiger partial charge in [-0.15, -0.1) is 11.3 Å². The lowest BCUT2D eigenvalue weighted by atomic mass is 10.0. The number of aromatic nitrogens is 4. The highest BCUT2D eigenvalue weighted by Gasteiger charge is 2.32. The van der Waals surface area contributed by atoms with E-state index in [-0.39, 0.29) is 18.3 Å². The molecule has 162 valence electrons. The number of hydrogen-bond acceptors (Lipinski definition) is 6. The average Bonchev–Trinajstić information content (AvgIpc) is 3.21. The van der Waals surface area contributed by atoms with Crippen LogP contribution in [0.3, 0.4) is 0 Å². The van der Waals surface area contributed by atoms with Crippen molar-refractivity contribution in [3.05, 3.63) is 74.1 Å². The van der Waals surface area contributed by atoms with Gasteiger partial charge in [0, 0.05) is 18.0 Å². The van der Waals surface area contributed by atoms with Crippen LogP contribution in [0.4, 0.5) is 23.5 Å². The van der Waals surface area contributed by atoms with Crippen molar-refractivity contribution in [1.82, 2.24) is 19.5 Å². The predicted octanol–water partition coefficient (Wildman–Crippen LogP) is 3.90. The van der Waals surface area contributed by atoms with Crippen LogP contribution in [0.5, 0.6) is 0 Å². The minimum atomic E-state index is -4.41. The Morgan fingerprint density at radius 2 is 1.97 bits per heavy atom. The SMILES string of the molecule is Cc1nc(C2=CCN(c3ncn(Cc4ccc(C(F)(F)F)s4)c(=O)n3)CC2)ccc1F. The summed E-state index contributed by atoms with van der Waals surface area (Å²) in [6.45, 7) is 2.58. The summed E-state index contributed by atoms with van der Waals surface area (Å²) in [5.74, 6) is -0.102. The third-order valence-electron chi connectivity index (χ3n) is 4.86. The summed E-state index contributed by atoms with van der Waals surface area (Å²) >= 11 is 0.588. The Labute approximate surface area is 178 Å². The monoisotopic (exact) mass is 451 g/mol. The van der Waals surface area contributed by atoms with E-state index in [1.54, 1.807) is 13.0 Å². The molecule has 0 bridgehead atoms. The van der Waals surface area contributed by atoms with Gasteiger partial charge in [-0.2, -0.15) is 18.2 Å². The van der Waals surface area contributed by atoms with Crippen molar-refractivity contribution in [2.45, 2.75) is 26.1 Å². The molecular formula is C20H17F4N5OS. The summed E-state index contributed by atoms with van der Waals surface area (Å²) in [6, 6.07) is 5.36. The van der Waals surface area contributed by atoms with Crippen LogP contribution in [0, 0.1) is 12.7 Å². The maximum absolute atomic E-state index is 13.4. The normalized spacial score (nSPS) is 14.6. The predicted molar refractivity (Wildman–Crippen MR) is 108 cm³/mol. The molecule has 3 aromatic rings. The molecule has 1 aliphatic heterocycles. The van der Waals surface area contributed by atoms with Crippen molar-refractivity contribution < 1.29 is 17.6 Å². The smallest absolute Gasteiger partial charge is 0.337 e. The Kier molecular flexibility index (Phi) is 5.61. The maximum Gasteiger partial charge on any atom is 0.425 e. The second-order valence-corrected chi connectivity index (χ2v) is 8.19. The summed E-state index contributed by atoms with van der Waals surface area (Å²) in [5, 5.41) is 0. The van der Waals surface area contributed by atoms with E-state index in [1.165, 1.54) is 23.0 Å². The Hall–Kier alpha value is -3.08. The van der Waals surface area contributed by atoms with Crippen molar-refractivity contribution in [3.63, 3.8) is 0 Å². The zero-order chi connectivity index (χ0) is 22.2. The van der Waals surface area contributed by atoms with Crippen molar-refractivity contribution in [2.75, 3.05) is 18.0 Å². The molecule has 11 heteroatoms. The molecule has 0 N–H and O–H groups in total. The number of nitrogens with zero attached hydrogens (tertiary/aromatic N) is 5. The van der Waals surface area contributed by atoms with Crippen molar-refractivity contribution >= 4 is 22.9 Å². The Morgan fingerprint density at radius 3 is 2.58 bits per heavy atom. The number of anilines is 1. The molecule has 0 atom stereocenters. The summed E-state index contributed by atoms with van der Waals surface area (Å²) in [5.41, 5.74) is 1.44. The number of halogens is 4. The second-order valence-electron chi connectivity index (χ2n) is 7.02. The van der Waals surface area contributed by atoms with Crippen LogP contribution in [0.2, 0.25) is 0 Å². The highest BCUT2D eigenvalue weighted by Crippen LogP contribution is 2.34. The van der Waals surface area contributed by atoms with Gasteiger partial charge in [0.05, 0.1) is 17.9 Å². The highest BCUT2D eigenvalue weighted by molar-refractivity contribution is 7.12. The molecule has 6 nitrogen and oxygen atoms in total. The van der Waals surface area contributed by atoms with Gasteiger partial charge in [0.1, 0.15) is 17.0 Å². The molecule has 31 heavy (non-hydrogen) atoms. The van der Waals surface area contributed by atoms with Gasteiger partial charge in [-0.3, -0.25) is 9.55 Å². The van der Waals surface area contributed by atoms with E-state index in [4.69, 9.17) is 0 Å². The first kappa shape index (κ1) is 21.2. The molecule has 3 aromatic heterocycles. The fourth-order valence-corrected chi connectivity index (χ4v) is 4.07. The van der Waals surface area contributed by atoms with E-state index >= 15 is 0 Å². The van der Waals surface area contributed by atoms with Gasteiger partial charge in [0.15, 0.2) is 0 Å². The van der Waals surface area contributed by atoms with Gasteiger partial charge in [-0.1, -0.05) is 6.08 Å². The molecule has 0 saturated heterocycles. The molecule has 0 unspecified atom stereocenters. The molecule has 0 aliphatic carbocycles. The van der Waals surface area contributed by atoms with Crippen LogP contribution >= 0.6 is 11.3 Å². The number of hydrogen-bond donors (Lipinski definition) is 0. The molecular weight excluding hydrogens is 434 g/mol. The van der Waals surface area contributed by atoms with Crippen LogP contribution in [0.25, 0.3) is 5.57 Å². The minimum absolute atomic E-state index is 0.0283. The highest BCUT2D eigenvalue weighted by atomic mass is 32.1. The molecule has 0 radical (unpaired) electrons. The zero-order valence-corrected chi connectivity index (χ0v) is 17.2. The molecule has 0 spiro atoms. The summed E-state index contributed by atoms with van der Waals surface area (Å²) in [6.07, 6.45) is -0.554. The first-order valence-corrected chi connectivity index (χ1v) is 10.2. The lowest BCUT2D eigenvalue weighted by Crippen LogP contribution is -2.34. The number of thiophene rings is 1. The van der Waals surface area contributed by atoms with E-state index in [1.807, 2.05) is 11.0 Å². The van der Waals surface area contributed by atoms with Crippen LogP contribution in [0.1, 0.15) is 27.6 Å². The quantitative estimate of drug-likeness (QED) is 0.563. The van der Waals surface area contributed by atoms with Crippen LogP contribution in [-0.4, -0.2) is 32.6 Å². The van der Waals surface area contributed by atoms with Crippen LogP contribution in [0.15, 0.2) is 41.5 Å². The Bertz CT molecular complexity index is 1200. The molecule has 0 aromatic carbocycles. The van der Waals surface area contributed by atoms with Gasteiger partial charge in [0.25, 0.3) is 0 Å². The van der Waals surface area contributed by atoms with Gasteiger partial charge in [-0.25, -0.2) is 14.2 Å². The maximum atomic E-state index is 13.4. The van der Waals surface area contributed by atoms with Crippen molar-refractivity contribution in [2.24, 2.45) is 0 Å². The number of pyridine rings is 1. The summed E-state index contributed by atoms with van der Waals surface area (Å²) in [7, 11) is 0. The van der Waals surface area contributed by atoms with E-state index in [9.17, 15) is 22.4 Å². The van der Waals surface area contributed by atoms with Gasteiger partial charge >= 0.3 is 11.9 Å². The lowest BCUT2D eigenvalue weighted by Gasteiger charge is -2.26. The third kappa shape index (κ3) is 4.66. The molecule has 0 saturated carbocycles. The van der Waals surface area contributed by atoms with E-state index in [0.29, 0.717) is 47.1 Å². The summed E-state index contributed by atoms with van der Waals surface area (Å²) < 4.78 is 52.8. The molecule has 0 amide bonds. The fourth-order valence-electron chi connectivity index (χ4n) is 3.20. The van der Waals surface area contributed by atoms with Gasteiger partial charge in [-0.05, 0) is 43.2 Å². The lowest BCUT2D eigenvalue weighted by molar-refractivity contribution is -0.134. The van der Waals surface area contributed by atoms with Gasteiger partial charge in [0.2, 0.25) is 5.95 Å². The topological polar surface area (TPSA) is 63.9 Å². The standard InChI is InChI=1S/C20H17F4N5OS/c1-12-15(21)3-4-16(26-12)13-6-8-28(9-7-13)18-25-11-29(19(30)27-18)10-14-2-5-17(31-14)20(22,23)24/h2-6,11H,7-10H2,1H3. The van der Waals surface area contributed by atoms with Crippen molar-refractivity contribution in [3.8, 4) is 0 Å². The average molecular weight is 451 g/mol. The molecule has 4 rings (SSSR count). The Balaban J connectivity index is 1.46. The van der Waals surface area contributed by atoms with Crippen LogP contribution in [-0.2, 0) is 12.7 Å². The third-order valence-corrected chi connectivity index (χ3v) is 5.98. The zero-order valence-electron chi connectivity index (χ0n) is 16.4. The van der Waals surface area contributed by atoms with Gasteiger partial charge < -0.3 is 4.90 Å². The molecule has 0 fully saturated rings. The first-order valence-electron chi connectivity index (χ1n) is 9.37. The van der Waals surface area contributed by atoms with E-state index in [0.717, 1.165) is 11.6 Å².